The second kappa shape index (κ2) is 6.10. The predicted octanol–water partition coefficient (Wildman–Crippen LogP) is 4.54. The SMILES string of the molecule is CCCOc1cc2c(c3c(=O)c(-c4ccsc4)cn(C)c13)CCC2. The lowest BCUT2D eigenvalue weighted by molar-refractivity contribution is 0.319. The Hall–Kier alpha value is -2.07. The van der Waals surface area contributed by atoms with E-state index in [9.17, 15) is 4.79 Å². The number of nitrogens with zero attached hydrogens (tertiary/aromatic N) is 1. The van der Waals surface area contributed by atoms with E-state index >= 15 is 0 Å². The maximum absolute atomic E-state index is 13.3. The molecule has 0 spiro atoms. The lowest BCUT2D eigenvalue weighted by Gasteiger charge is -2.16. The summed E-state index contributed by atoms with van der Waals surface area (Å²) in [6.07, 6.45) is 6.06. The van der Waals surface area contributed by atoms with Crippen molar-refractivity contribution in [2.75, 3.05) is 6.61 Å². The highest BCUT2D eigenvalue weighted by atomic mass is 32.1. The molecular weight excluding hydrogens is 318 g/mol. The molecule has 0 fully saturated rings. The predicted molar refractivity (Wildman–Crippen MR) is 100 cm³/mol. The Labute approximate surface area is 145 Å². The average Bonchev–Trinajstić information content (AvgIpc) is 3.25. The van der Waals surface area contributed by atoms with Crippen molar-refractivity contribution in [1.82, 2.24) is 4.57 Å². The Morgan fingerprint density at radius 3 is 2.96 bits per heavy atom. The lowest BCUT2D eigenvalue weighted by Crippen LogP contribution is -2.13. The van der Waals surface area contributed by atoms with Gasteiger partial charge in [0.25, 0.3) is 0 Å². The summed E-state index contributed by atoms with van der Waals surface area (Å²) in [5.41, 5.74) is 5.39. The number of hydrogen-bond donors (Lipinski definition) is 0. The van der Waals surface area contributed by atoms with Gasteiger partial charge in [-0.05, 0) is 65.3 Å². The molecule has 0 saturated carbocycles. The Morgan fingerprint density at radius 1 is 1.33 bits per heavy atom. The van der Waals surface area contributed by atoms with Crippen molar-refractivity contribution < 1.29 is 4.74 Å². The summed E-state index contributed by atoms with van der Waals surface area (Å²) >= 11 is 1.62. The standard InChI is InChI=1S/C20H21NO2S/c1-3-8-23-17-10-13-5-4-6-15(13)18-19(17)21(2)11-16(20(18)22)14-7-9-24-12-14/h7,9-12H,3-6,8H2,1-2H3. The molecule has 0 atom stereocenters. The topological polar surface area (TPSA) is 31.2 Å². The lowest BCUT2D eigenvalue weighted by atomic mass is 9.99. The third-order valence-electron chi connectivity index (χ3n) is 4.78. The Balaban J connectivity index is 2.07. The van der Waals surface area contributed by atoms with Crippen LogP contribution in [-0.4, -0.2) is 11.2 Å². The van der Waals surface area contributed by atoms with E-state index in [1.807, 2.05) is 30.1 Å². The molecule has 0 aliphatic heterocycles. The van der Waals surface area contributed by atoms with Crippen molar-refractivity contribution in [3.63, 3.8) is 0 Å². The maximum atomic E-state index is 13.3. The van der Waals surface area contributed by atoms with Gasteiger partial charge >= 0.3 is 0 Å². The van der Waals surface area contributed by atoms with Gasteiger partial charge in [-0.3, -0.25) is 4.79 Å². The molecule has 24 heavy (non-hydrogen) atoms. The molecule has 0 saturated heterocycles. The minimum absolute atomic E-state index is 0.140. The van der Waals surface area contributed by atoms with Crippen LogP contribution in [0.1, 0.15) is 30.9 Å². The van der Waals surface area contributed by atoms with E-state index in [1.54, 1.807) is 11.3 Å². The first-order valence-corrected chi connectivity index (χ1v) is 9.48. The molecule has 2 aromatic heterocycles. The summed E-state index contributed by atoms with van der Waals surface area (Å²) in [7, 11) is 2.01. The van der Waals surface area contributed by atoms with Crippen LogP contribution in [-0.2, 0) is 19.9 Å². The molecule has 4 rings (SSSR count). The fraction of sp³-hybridized carbons (Fsp3) is 0.350. The minimum atomic E-state index is 0.140. The molecule has 1 aliphatic rings. The van der Waals surface area contributed by atoms with Gasteiger partial charge in [-0.25, -0.2) is 0 Å². The van der Waals surface area contributed by atoms with E-state index in [-0.39, 0.29) is 5.43 Å². The van der Waals surface area contributed by atoms with E-state index < -0.39 is 0 Å². The van der Waals surface area contributed by atoms with Gasteiger partial charge in [0.1, 0.15) is 5.75 Å². The fourth-order valence-electron chi connectivity index (χ4n) is 3.70. The van der Waals surface area contributed by atoms with Crippen molar-refractivity contribution in [3.8, 4) is 16.9 Å². The first-order valence-electron chi connectivity index (χ1n) is 8.54. The van der Waals surface area contributed by atoms with E-state index in [1.165, 1.54) is 11.1 Å². The van der Waals surface area contributed by atoms with Gasteiger partial charge in [0.05, 0.1) is 17.5 Å². The Kier molecular flexibility index (Phi) is 3.93. The van der Waals surface area contributed by atoms with Crippen LogP contribution in [0.2, 0.25) is 0 Å². The van der Waals surface area contributed by atoms with Crippen LogP contribution >= 0.6 is 11.3 Å². The zero-order chi connectivity index (χ0) is 16.7. The molecule has 0 radical (unpaired) electrons. The molecule has 1 aliphatic carbocycles. The highest BCUT2D eigenvalue weighted by molar-refractivity contribution is 7.08. The van der Waals surface area contributed by atoms with E-state index in [0.717, 1.165) is 53.5 Å². The minimum Gasteiger partial charge on any atom is -0.491 e. The Bertz CT molecular complexity index is 954. The number of ether oxygens (including phenoxy) is 1. The van der Waals surface area contributed by atoms with E-state index in [0.29, 0.717) is 6.61 Å². The summed E-state index contributed by atoms with van der Waals surface area (Å²) in [6.45, 7) is 2.78. The maximum Gasteiger partial charge on any atom is 0.197 e. The zero-order valence-corrected chi connectivity index (χ0v) is 14.9. The van der Waals surface area contributed by atoms with Gasteiger partial charge in [0.15, 0.2) is 5.43 Å². The highest BCUT2D eigenvalue weighted by Crippen LogP contribution is 2.36. The first-order chi connectivity index (χ1) is 11.7. The van der Waals surface area contributed by atoms with Crippen LogP contribution in [0.25, 0.3) is 22.0 Å². The molecule has 124 valence electrons. The van der Waals surface area contributed by atoms with Gasteiger partial charge in [-0.2, -0.15) is 11.3 Å². The zero-order valence-electron chi connectivity index (χ0n) is 14.1. The number of rotatable bonds is 4. The van der Waals surface area contributed by atoms with Gasteiger partial charge in [-0.15, -0.1) is 0 Å². The third kappa shape index (κ3) is 2.37. The van der Waals surface area contributed by atoms with Crippen molar-refractivity contribution in [3.05, 3.63) is 50.4 Å². The van der Waals surface area contributed by atoms with Crippen LogP contribution in [0.4, 0.5) is 0 Å². The van der Waals surface area contributed by atoms with Crippen LogP contribution in [0.3, 0.4) is 0 Å². The molecule has 0 amide bonds. The van der Waals surface area contributed by atoms with Crippen molar-refractivity contribution in [2.45, 2.75) is 32.6 Å². The van der Waals surface area contributed by atoms with Crippen molar-refractivity contribution in [2.24, 2.45) is 7.05 Å². The molecule has 0 bridgehead atoms. The van der Waals surface area contributed by atoms with Gasteiger partial charge < -0.3 is 9.30 Å². The molecule has 0 N–H and O–H groups in total. The van der Waals surface area contributed by atoms with Gasteiger partial charge in [-0.1, -0.05) is 6.92 Å². The molecule has 2 heterocycles. The number of thiophene rings is 1. The van der Waals surface area contributed by atoms with E-state index in [2.05, 4.69) is 17.6 Å². The van der Waals surface area contributed by atoms with Crippen LogP contribution < -0.4 is 10.2 Å². The summed E-state index contributed by atoms with van der Waals surface area (Å²) in [6, 6.07) is 4.18. The van der Waals surface area contributed by atoms with Crippen molar-refractivity contribution >= 4 is 22.2 Å². The van der Waals surface area contributed by atoms with Crippen LogP contribution in [0, 0.1) is 0 Å². The quantitative estimate of drug-likeness (QED) is 0.698. The molecule has 3 nitrogen and oxygen atoms in total. The number of fused-ring (bicyclic) bond motifs is 3. The number of hydrogen-bond acceptors (Lipinski definition) is 3. The Morgan fingerprint density at radius 2 is 2.21 bits per heavy atom. The number of benzene rings is 1. The number of aryl methyl sites for hydroxylation is 3. The largest absolute Gasteiger partial charge is 0.491 e. The van der Waals surface area contributed by atoms with Crippen LogP contribution in [0.5, 0.6) is 5.75 Å². The smallest absolute Gasteiger partial charge is 0.197 e. The summed E-state index contributed by atoms with van der Waals surface area (Å²) in [4.78, 5) is 13.3. The van der Waals surface area contributed by atoms with Gasteiger partial charge in [0.2, 0.25) is 0 Å². The van der Waals surface area contributed by atoms with Gasteiger partial charge in [0, 0.05) is 18.8 Å². The number of aromatic nitrogens is 1. The molecule has 1 aromatic carbocycles. The number of pyridine rings is 1. The average molecular weight is 339 g/mol. The van der Waals surface area contributed by atoms with E-state index in [4.69, 9.17) is 4.74 Å². The molecular formula is C20H21NO2S. The van der Waals surface area contributed by atoms with Crippen LogP contribution in [0.15, 0.2) is 33.9 Å². The van der Waals surface area contributed by atoms with Crippen molar-refractivity contribution in [1.29, 1.82) is 0 Å². The molecule has 0 unspecified atom stereocenters. The second-order valence-electron chi connectivity index (χ2n) is 6.43. The fourth-order valence-corrected chi connectivity index (χ4v) is 4.35. The summed E-state index contributed by atoms with van der Waals surface area (Å²) in [5, 5.41) is 4.92. The molecule has 4 heteroatoms. The third-order valence-corrected chi connectivity index (χ3v) is 5.46. The summed E-state index contributed by atoms with van der Waals surface area (Å²) < 4.78 is 8.07. The molecule has 3 aromatic rings. The highest BCUT2D eigenvalue weighted by Gasteiger charge is 2.22. The first kappa shape index (κ1) is 15.5. The summed E-state index contributed by atoms with van der Waals surface area (Å²) in [5.74, 6) is 0.851. The normalized spacial score (nSPS) is 13.4. The monoisotopic (exact) mass is 339 g/mol. The second-order valence-corrected chi connectivity index (χ2v) is 7.21.